The van der Waals surface area contributed by atoms with Crippen LogP contribution in [0.1, 0.15) is 26.3 Å². The first-order valence-electron chi connectivity index (χ1n) is 7.77. The highest BCUT2D eigenvalue weighted by Crippen LogP contribution is 2.18. The van der Waals surface area contributed by atoms with Crippen LogP contribution in [-0.2, 0) is 0 Å². The van der Waals surface area contributed by atoms with Gasteiger partial charge in [0, 0.05) is 18.1 Å². The van der Waals surface area contributed by atoms with E-state index in [0.717, 1.165) is 11.8 Å². The molecule has 0 amide bonds. The number of nitrogens with two attached hydrogens (primary N) is 1. The second-order valence-electron chi connectivity index (χ2n) is 5.47. The Morgan fingerprint density at radius 2 is 1.63 bits per heavy atom. The van der Waals surface area contributed by atoms with Crippen LogP contribution in [0.2, 0.25) is 0 Å². The Labute approximate surface area is 154 Å². The summed E-state index contributed by atoms with van der Waals surface area (Å²) in [5, 5.41) is 17.4. The number of aromatic nitrogens is 2. The van der Waals surface area contributed by atoms with E-state index >= 15 is 0 Å². The van der Waals surface area contributed by atoms with Gasteiger partial charge in [-0.3, -0.25) is 4.57 Å². The highest BCUT2D eigenvalue weighted by atomic mass is 16.4. The normalized spacial score (nSPS) is 9.81. The van der Waals surface area contributed by atoms with E-state index in [2.05, 4.69) is 4.98 Å². The van der Waals surface area contributed by atoms with Crippen LogP contribution in [-0.4, -0.2) is 31.7 Å². The summed E-state index contributed by atoms with van der Waals surface area (Å²) in [5.74, 6) is -2.39. The van der Waals surface area contributed by atoms with Crippen molar-refractivity contribution in [3.8, 4) is 5.69 Å². The van der Waals surface area contributed by atoms with Crippen molar-refractivity contribution in [1.82, 2.24) is 9.55 Å². The zero-order chi connectivity index (χ0) is 20.0. The van der Waals surface area contributed by atoms with Crippen LogP contribution < -0.4 is 11.4 Å². The topological polar surface area (TPSA) is 136 Å². The highest BCUT2D eigenvalue weighted by Gasteiger charge is 2.14. The zero-order valence-corrected chi connectivity index (χ0v) is 14.4. The lowest BCUT2D eigenvalue weighted by Gasteiger charge is -2.05. The number of carboxylic acid groups (broad SMARTS) is 2. The molecule has 4 N–H and O–H groups in total. The minimum absolute atomic E-state index is 0.0448. The molecule has 3 aromatic rings. The molecule has 0 spiro atoms. The van der Waals surface area contributed by atoms with Crippen LogP contribution in [0.15, 0.2) is 65.7 Å². The van der Waals surface area contributed by atoms with Crippen molar-refractivity contribution in [3.63, 3.8) is 0 Å². The van der Waals surface area contributed by atoms with Crippen LogP contribution in [0.5, 0.6) is 0 Å². The van der Waals surface area contributed by atoms with Crippen LogP contribution in [0.3, 0.4) is 0 Å². The molecule has 0 fully saturated rings. The second-order valence-corrected chi connectivity index (χ2v) is 5.47. The van der Waals surface area contributed by atoms with Crippen molar-refractivity contribution in [3.05, 3.63) is 88.1 Å². The number of anilines is 1. The molecule has 0 saturated heterocycles. The summed E-state index contributed by atoms with van der Waals surface area (Å²) in [5.41, 5.74) is 6.28. The van der Waals surface area contributed by atoms with Gasteiger partial charge in [0.1, 0.15) is 0 Å². The van der Waals surface area contributed by atoms with Crippen LogP contribution in [0.25, 0.3) is 5.69 Å². The molecule has 138 valence electrons. The molecule has 3 rings (SSSR count). The lowest BCUT2D eigenvalue weighted by atomic mass is 10.0. The molecule has 0 bridgehead atoms. The number of rotatable bonds is 3. The van der Waals surface area contributed by atoms with Gasteiger partial charge in [-0.2, -0.15) is 0 Å². The summed E-state index contributed by atoms with van der Waals surface area (Å²) in [6.07, 6.45) is 3.19. The average molecular weight is 367 g/mol. The molecule has 0 unspecified atom stereocenters. The van der Waals surface area contributed by atoms with Crippen molar-refractivity contribution in [2.45, 2.75) is 6.92 Å². The van der Waals surface area contributed by atoms with Gasteiger partial charge in [0.15, 0.2) is 0 Å². The van der Waals surface area contributed by atoms with Gasteiger partial charge in [-0.15, -0.1) is 0 Å². The molecule has 0 atom stereocenters. The Hall–Kier alpha value is -3.94. The highest BCUT2D eigenvalue weighted by molar-refractivity contribution is 5.98. The molecule has 0 saturated carbocycles. The molecule has 0 aliphatic heterocycles. The Bertz CT molecular complexity index is 994. The van der Waals surface area contributed by atoms with Crippen LogP contribution in [0, 0.1) is 6.92 Å². The van der Waals surface area contributed by atoms with Gasteiger partial charge in [-0.05, 0) is 42.8 Å². The average Bonchev–Trinajstić information content (AvgIpc) is 2.63. The number of hydrogen-bond donors (Lipinski definition) is 3. The third kappa shape index (κ3) is 4.79. The molecule has 27 heavy (non-hydrogen) atoms. The SMILES string of the molecule is Cc1cc(N)c(C(=O)O)cc1C(=O)O.O=c1ncccn1-c1ccccc1. The number of para-hydroxylation sites is 1. The predicted octanol–water partition coefficient (Wildman–Crippen LogP) is 2.21. The van der Waals surface area contributed by atoms with Gasteiger partial charge in [0.25, 0.3) is 0 Å². The standard InChI is InChI=1S/C10H8N2O.C9H9NO4/c13-10-11-7-4-8-12(10)9-5-2-1-3-6-9;1-4-2-7(10)6(9(13)14)3-5(4)8(11)12/h1-8H;2-3H,10H2,1H3,(H,11,12)(H,13,14). The van der Waals surface area contributed by atoms with Crippen molar-refractivity contribution >= 4 is 17.6 Å². The fraction of sp³-hybridized carbons (Fsp3) is 0.0526. The van der Waals surface area contributed by atoms with Gasteiger partial charge in [-0.1, -0.05) is 18.2 Å². The maximum absolute atomic E-state index is 11.3. The molecular formula is C19H17N3O5. The van der Waals surface area contributed by atoms with E-state index in [1.165, 1.54) is 16.8 Å². The minimum Gasteiger partial charge on any atom is -0.478 e. The fourth-order valence-electron chi connectivity index (χ4n) is 2.29. The maximum Gasteiger partial charge on any atom is 0.352 e. The van der Waals surface area contributed by atoms with Crippen molar-refractivity contribution in [2.75, 3.05) is 5.73 Å². The fourth-order valence-corrected chi connectivity index (χ4v) is 2.29. The van der Waals surface area contributed by atoms with E-state index in [1.54, 1.807) is 19.2 Å². The van der Waals surface area contributed by atoms with Crippen molar-refractivity contribution in [2.24, 2.45) is 0 Å². The largest absolute Gasteiger partial charge is 0.478 e. The monoisotopic (exact) mass is 367 g/mol. The van der Waals surface area contributed by atoms with Crippen LogP contribution in [0.4, 0.5) is 5.69 Å². The quantitative estimate of drug-likeness (QED) is 0.604. The Morgan fingerprint density at radius 3 is 2.19 bits per heavy atom. The molecule has 0 aliphatic rings. The number of hydrogen-bond acceptors (Lipinski definition) is 5. The van der Waals surface area contributed by atoms with E-state index in [1.807, 2.05) is 30.3 Å². The zero-order valence-electron chi connectivity index (χ0n) is 14.4. The summed E-state index contributed by atoms with van der Waals surface area (Å²) in [4.78, 5) is 36.2. The first-order chi connectivity index (χ1) is 12.8. The lowest BCUT2D eigenvalue weighted by Crippen LogP contribution is -2.19. The lowest BCUT2D eigenvalue weighted by molar-refractivity contribution is 0.0695. The molecule has 0 aliphatic carbocycles. The minimum atomic E-state index is -1.23. The number of benzene rings is 2. The Morgan fingerprint density at radius 1 is 1.00 bits per heavy atom. The number of carboxylic acids is 2. The van der Waals surface area contributed by atoms with Crippen LogP contribution >= 0.6 is 0 Å². The first kappa shape index (κ1) is 19.4. The molecule has 1 heterocycles. The summed E-state index contributed by atoms with van der Waals surface area (Å²) >= 11 is 0. The van der Waals surface area contributed by atoms with E-state index in [0.29, 0.717) is 5.56 Å². The summed E-state index contributed by atoms with van der Waals surface area (Å²) < 4.78 is 1.50. The third-order valence-electron chi connectivity index (χ3n) is 3.60. The predicted molar refractivity (Wildman–Crippen MR) is 99.3 cm³/mol. The summed E-state index contributed by atoms with van der Waals surface area (Å²) in [6, 6.07) is 13.5. The van der Waals surface area contributed by atoms with Gasteiger partial charge in [0.05, 0.1) is 16.8 Å². The van der Waals surface area contributed by atoms with E-state index in [9.17, 15) is 14.4 Å². The molecule has 1 aromatic heterocycles. The van der Waals surface area contributed by atoms with Gasteiger partial charge in [-0.25, -0.2) is 19.4 Å². The number of aryl methyl sites for hydroxylation is 1. The van der Waals surface area contributed by atoms with Gasteiger partial charge < -0.3 is 15.9 Å². The van der Waals surface area contributed by atoms with E-state index in [4.69, 9.17) is 15.9 Å². The molecule has 8 nitrogen and oxygen atoms in total. The molecule has 8 heteroatoms. The molecular weight excluding hydrogens is 350 g/mol. The maximum atomic E-state index is 11.3. The van der Waals surface area contributed by atoms with Gasteiger partial charge >= 0.3 is 17.6 Å². The van der Waals surface area contributed by atoms with Gasteiger partial charge in [0.2, 0.25) is 0 Å². The number of carbonyl (C=O) groups is 2. The second kappa shape index (κ2) is 8.43. The summed E-state index contributed by atoms with van der Waals surface area (Å²) in [7, 11) is 0. The van der Waals surface area contributed by atoms with Crippen molar-refractivity contribution in [1.29, 1.82) is 0 Å². The van der Waals surface area contributed by atoms with E-state index < -0.39 is 11.9 Å². The first-order valence-corrected chi connectivity index (χ1v) is 7.77. The Balaban J connectivity index is 0.000000194. The third-order valence-corrected chi connectivity index (χ3v) is 3.60. The summed E-state index contributed by atoms with van der Waals surface area (Å²) in [6.45, 7) is 1.56. The number of nitrogens with zero attached hydrogens (tertiary/aromatic N) is 2. The molecule has 2 aromatic carbocycles. The molecule has 0 radical (unpaired) electrons. The Kier molecular flexibility index (Phi) is 6.06. The smallest absolute Gasteiger partial charge is 0.352 e. The van der Waals surface area contributed by atoms with E-state index in [-0.39, 0.29) is 22.5 Å². The van der Waals surface area contributed by atoms with Crippen molar-refractivity contribution < 1.29 is 19.8 Å². The number of aromatic carboxylic acids is 2. The number of nitrogen functional groups attached to an aromatic ring is 1.